The third kappa shape index (κ3) is 7.51. The van der Waals surface area contributed by atoms with Crippen LogP contribution in [0.2, 0.25) is 0 Å². The first-order valence-corrected chi connectivity index (χ1v) is 18.0. The van der Waals surface area contributed by atoms with E-state index < -0.39 is 22.5 Å². The monoisotopic (exact) mass is 708 g/mol. The molecule has 0 saturated carbocycles. The van der Waals surface area contributed by atoms with Gasteiger partial charge in [0.15, 0.2) is 0 Å². The fraction of sp³-hybridized carbons (Fsp3) is 0.450. The Balaban J connectivity index is 1.21. The number of likely N-dealkylation sites (tertiary alicyclic amines) is 1. The molecule has 1 fully saturated rings. The molecule has 2 aliphatic heterocycles. The highest BCUT2D eigenvalue weighted by Gasteiger charge is 2.51. The number of benzene rings is 2. The van der Waals surface area contributed by atoms with E-state index in [9.17, 15) is 24.0 Å². The summed E-state index contributed by atoms with van der Waals surface area (Å²) in [5.74, 6) is 0.00874. The zero-order valence-electron chi connectivity index (χ0n) is 30.6. The number of piperidine rings is 1. The minimum Gasteiger partial charge on any atom is -0.444 e. The molecule has 1 aromatic heterocycles. The molecule has 1 aliphatic carbocycles. The van der Waals surface area contributed by atoms with Crippen molar-refractivity contribution in [1.29, 1.82) is 0 Å². The van der Waals surface area contributed by atoms with Crippen LogP contribution in [0.1, 0.15) is 81.7 Å². The largest absolute Gasteiger partial charge is 0.444 e. The summed E-state index contributed by atoms with van der Waals surface area (Å²) in [7, 11) is 0. The van der Waals surface area contributed by atoms with E-state index in [-0.39, 0.29) is 43.3 Å². The molecule has 6 rings (SSSR count). The summed E-state index contributed by atoms with van der Waals surface area (Å²) in [6.07, 6.45) is 3.72. The zero-order chi connectivity index (χ0) is 37.3. The highest BCUT2D eigenvalue weighted by atomic mass is 16.6. The van der Waals surface area contributed by atoms with E-state index in [2.05, 4.69) is 20.9 Å². The van der Waals surface area contributed by atoms with Crippen LogP contribution >= 0.6 is 0 Å². The standard InChI is InChI=1S/C40H48N6O6/c1-6-39(15-18-45(19-16-39)26(2)47)36(50)46(24-29-11-8-7-10-28(29)23-42-37(51)52-38(3,4)5)25-33(48)43-31-14-13-27-21-40(22-30(27)20-31)32-12-9-17-41-34(32)44-35(40)49/h7-14,17,20H,6,15-16,18-19,21-25H2,1-5H3,(H,42,51)(H,43,48)(H,41,44,49)/t40-/m1/s1. The van der Waals surface area contributed by atoms with Gasteiger partial charge in [-0.2, -0.15) is 0 Å². The van der Waals surface area contributed by atoms with Gasteiger partial charge in [0, 0.05) is 50.6 Å². The number of amides is 5. The van der Waals surface area contributed by atoms with Crippen LogP contribution in [0.25, 0.3) is 0 Å². The van der Waals surface area contributed by atoms with Crippen molar-refractivity contribution in [2.75, 3.05) is 30.3 Å². The second-order valence-corrected chi connectivity index (χ2v) is 15.2. The minimum atomic E-state index is -0.731. The van der Waals surface area contributed by atoms with Gasteiger partial charge in [-0.3, -0.25) is 19.2 Å². The smallest absolute Gasteiger partial charge is 0.407 e. The summed E-state index contributed by atoms with van der Waals surface area (Å²) in [6, 6.07) is 17.0. The molecule has 0 bridgehead atoms. The molecule has 3 aliphatic rings. The maximum Gasteiger partial charge on any atom is 0.407 e. The van der Waals surface area contributed by atoms with E-state index in [1.54, 1.807) is 36.8 Å². The van der Waals surface area contributed by atoms with Crippen molar-refractivity contribution in [2.24, 2.45) is 5.41 Å². The molecule has 12 heteroatoms. The van der Waals surface area contributed by atoms with Crippen molar-refractivity contribution in [3.8, 4) is 0 Å². The summed E-state index contributed by atoms with van der Waals surface area (Å²) >= 11 is 0. The van der Waals surface area contributed by atoms with Crippen LogP contribution in [-0.2, 0) is 55.3 Å². The van der Waals surface area contributed by atoms with Gasteiger partial charge in [0.05, 0.1) is 10.8 Å². The van der Waals surface area contributed by atoms with Gasteiger partial charge in [-0.05, 0) is 93.3 Å². The molecule has 3 heterocycles. The van der Waals surface area contributed by atoms with Gasteiger partial charge in [-0.15, -0.1) is 0 Å². The van der Waals surface area contributed by atoms with E-state index in [4.69, 9.17) is 4.74 Å². The van der Waals surface area contributed by atoms with E-state index >= 15 is 0 Å². The number of rotatable bonds is 9. The van der Waals surface area contributed by atoms with Crippen LogP contribution in [-0.4, -0.2) is 69.7 Å². The fourth-order valence-corrected chi connectivity index (χ4v) is 7.79. The lowest BCUT2D eigenvalue weighted by molar-refractivity contribution is -0.150. The fourth-order valence-electron chi connectivity index (χ4n) is 7.79. The minimum absolute atomic E-state index is 0.0190. The average molecular weight is 709 g/mol. The van der Waals surface area contributed by atoms with E-state index in [0.29, 0.717) is 56.7 Å². The first kappa shape index (κ1) is 36.5. The Labute approximate surface area is 304 Å². The Kier molecular flexibility index (Phi) is 10.1. The quantitative estimate of drug-likeness (QED) is 0.280. The van der Waals surface area contributed by atoms with Gasteiger partial charge in [0.25, 0.3) is 0 Å². The lowest BCUT2D eigenvalue weighted by Crippen LogP contribution is -2.52. The number of alkyl carbamates (subject to hydrolysis) is 1. The molecule has 0 radical (unpaired) electrons. The predicted octanol–water partition coefficient (Wildman–Crippen LogP) is 5.10. The number of anilines is 2. The third-order valence-electron chi connectivity index (χ3n) is 10.7. The number of hydrogen-bond donors (Lipinski definition) is 3. The van der Waals surface area contributed by atoms with Crippen LogP contribution in [0, 0.1) is 5.41 Å². The number of fused-ring (bicyclic) bond motifs is 3. The lowest BCUT2D eigenvalue weighted by atomic mass is 9.74. The van der Waals surface area contributed by atoms with Crippen molar-refractivity contribution < 1.29 is 28.7 Å². The molecule has 2 aromatic carbocycles. The van der Waals surface area contributed by atoms with Gasteiger partial charge >= 0.3 is 6.09 Å². The summed E-state index contributed by atoms with van der Waals surface area (Å²) < 4.78 is 5.42. The Morgan fingerprint density at radius 3 is 2.38 bits per heavy atom. The molecule has 52 heavy (non-hydrogen) atoms. The molecule has 1 atom stereocenters. The molecule has 1 saturated heterocycles. The number of aromatic nitrogens is 1. The molecule has 274 valence electrons. The maximum atomic E-state index is 14.6. The van der Waals surface area contributed by atoms with Crippen molar-refractivity contribution >= 4 is 41.2 Å². The molecular formula is C40H48N6O6. The Morgan fingerprint density at radius 2 is 1.69 bits per heavy atom. The highest BCUT2D eigenvalue weighted by Crippen LogP contribution is 2.47. The summed E-state index contributed by atoms with van der Waals surface area (Å²) in [6.45, 7) is 9.98. The van der Waals surface area contributed by atoms with Crippen LogP contribution in [0.3, 0.4) is 0 Å². The van der Waals surface area contributed by atoms with E-state index in [1.807, 2.05) is 61.5 Å². The Bertz CT molecular complexity index is 1890. The van der Waals surface area contributed by atoms with Gasteiger partial charge in [-0.25, -0.2) is 9.78 Å². The summed E-state index contributed by atoms with van der Waals surface area (Å²) in [5.41, 5.74) is 2.97. The molecule has 3 N–H and O–H groups in total. The van der Waals surface area contributed by atoms with Gasteiger partial charge in [0.2, 0.25) is 23.6 Å². The highest BCUT2D eigenvalue weighted by molar-refractivity contribution is 6.06. The molecule has 0 unspecified atom stereocenters. The lowest BCUT2D eigenvalue weighted by Gasteiger charge is -2.42. The second kappa shape index (κ2) is 14.4. The number of ether oxygens (including phenoxy) is 1. The number of nitrogens with one attached hydrogen (secondary N) is 3. The SMILES string of the molecule is CCC1(C(=O)N(CC(=O)Nc2ccc3c(c2)C[C@@]2(C3)C(=O)Nc3ncccc32)Cc2ccccc2CNC(=O)OC(C)(C)C)CCN(C(C)=O)CC1. The molecule has 1 spiro atoms. The number of pyridine rings is 1. The first-order chi connectivity index (χ1) is 24.7. The normalized spacial score (nSPS) is 18.6. The summed E-state index contributed by atoms with van der Waals surface area (Å²) in [4.78, 5) is 73.9. The van der Waals surface area contributed by atoms with Crippen LogP contribution in [0.4, 0.5) is 16.3 Å². The van der Waals surface area contributed by atoms with E-state index in [1.165, 1.54) is 6.92 Å². The number of carbonyl (C=O) groups is 5. The maximum absolute atomic E-state index is 14.6. The van der Waals surface area contributed by atoms with Crippen molar-refractivity contribution in [3.63, 3.8) is 0 Å². The van der Waals surface area contributed by atoms with Crippen LogP contribution < -0.4 is 16.0 Å². The number of hydrogen-bond acceptors (Lipinski definition) is 7. The first-order valence-electron chi connectivity index (χ1n) is 18.0. The van der Waals surface area contributed by atoms with Crippen LogP contribution in [0.15, 0.2) is 60.8 Å². The molecule has 3 aromatic rings. The van der Waals surface area contributed by atoms with E-state index in [0.717, 1.165) is 27.8 Å². The van der Waals surface area contributed by atoms with Crippen molar-refractivity contribution in [1.82, 2.24) is 20.1 Å². The van der Waals surface area contributed by atoms with Gasteiger partial charge < -0.3 is 30.5 Å². The van der Waals surface area contributed by atoms with Gasteiger partial charge in [-0.1, -0.05) is 43.3 Å². The van der Waals surface area contributed by atoms with Gasteiger partial charge in [0.1, 0.15) is 18.0 Å². The molecule has 5 amide bonds. The molecule has 12 nitrogen and oxygen atoms in total. The third-order valence-corrected chi connectivity index (χ3v) is 10.7. The number of nitrogens with zero attached hydrogens (tertiary/aromatic N) is 3. The van der Waals surface area contributed by atoms with Crippen LogP contribution in [0.5, 0.6) is 0 Å². The topological polar surface area (TPSA) is 150 Å². The predicted molar refractivity (Wildman–Crippen MR) is 196 cm³/mol. The van der Waals surface area contributed by atoms with Crippen molar-refractivity contribution in [2.45, 2.75) is 90.8 Å². The summed E-state index contributed by atoms with van der Waals surface area (Å²) in [5, 5.41) is 8.75. The van der Waals surface area contributed by atoms with Crippen molar-refractivity contribution in [3.05, 3.63) is 88.6 Å². The number of carbonyl (C=O) groups excluding carboxylic acids is 5. The zero-order valence-corrected chi connectivity index (χ0v) is 30.6. The average Bonchev–Trinajstić information content (AvgIpc) is 3.62. The molecular weight excluding hydrogens is 660 g/mol. The Hall–Kier alpha value is -5.26. The Morgan fingerprint density at radius 1 is 0.981 bits per heavy atom. The second-order valence-electron chi connectivity index (χ2n) is 15.2.